The fourth-order valence-corrected chi connectivity index (χ4v) is 2.30. The molecule has 2 aromatic carbocycles. The van der Waals surface area contributed by atoms with E-state index in [1.165, 1.54) is 12.1 Å². The van der Waals surface area contributed by atoms with Gasteiger partial charge in [-0.3, -0.25) is 4.79 Å². The lowest BCUT2D eigenvalue weighted by Gasteiger charge is -2.12. The molecule has 0 aromatic heterocycles. The Morgan fingerprint density at radius 2 is 1.95 bits per heavy atom. The molecule has 0 saturated carbocycles. The standard InChI is InChI=1S/C14H11BrClFN2O/c1-18-13-8(4-2-6-10(13)17)14(20)19-11-7-3-5-9(16)12(11)15/h2-7,18H,1H3,(H,19,20). The summed E-state index contributed by atoms with van der Waals surface area (Å²) in [5.74, 6) is -0.901. The first kappa shape index (κ1) is 14.8. The van der Waals surface area contributed by atoms with Crippen molar-refractivity contribution < 1.29 is 9.18 Å². The Bertz CT molecular complexity index is 664. The highest BCUT2D eigenvalue weighted by Crippen LogP contribution is 2.31. The zero-order valence-electron chi connectivity index (χ0n) is 10.5. The van der Waals surface area contributed by atoms with Gasteiger partial charge in [-0.1, -0.05) is 23.7 Å². The molecule has 2 rings (SSSR count). The summed E-state index contributed by atoms with van der Waals surface area (Å²) in [6.45, 7) is 0. The molecule has 0 unspecified atom stereocenters. The van der Waals surface area contributed by atoms with Gasteiger partial charge in [-0.25, -0.2) is 4.39 Å². The van der Waals surface area contributed by atoms with Crippen molar-refractivity contribution in [1.82, 2.24) is 0 Å². The highest BCUT2D eigenvalue weighted by Gasteiger charge is 2.15. The van der Waals surface area contributed by atoms with Crippen LogP contribution in [0.25, 0.3) is 0 Å². The Labute approximate surface area is 129 Å². The first-order valence-electron chi connectivity index (χ1n) is 5.76. The summed E-state index contributed by atoms with van der Waals surface area (Å²) in [6.07, 6.45) is 0. The summed E-state index contributed by atoms with van der Waals surface area (Å²) in [5, 5.41) is 5.86. The number of halogens is 3. The molecule has 0 heterocycles. The predicted molar refractivity (Wildman–Crippen MR) is 83.1 cm³/mol. The molecule has 104 valence electrons. The lowest BCUT2D eigenvalue weighted by atomic mass is 10.1. The molecule has 0 saturated heterocycles. The minimum Gasteiger partial charge on any atom is -0.385 e. The molecule has 1 amide bonds. The number of carbonyl (C=O) groups is 1. The fraction of sp³-hybridized carbons (Fsp3) is 0.0714. The zero-order valence-corrected chi connectivity index (χ0v) is 12.8. The largest absolute Gasteiger partial charge is 0.385 e. The summed E-state index contributed by atoms with van der Waals surface area (Å²) in [4.78, 5) is 12.2. The summed E-state index contributed by atoms with van der Waals surface area (Å²) in [7, 11) is 1.56. The second-order valence-corrected chi connectivity index (χ2v) is 5.17. The monoisotopic (exact) mass is 356 g/mol. The average Bonchev–Trinajstić information content (AvgIpc) is 2.43. The van der Waals surface area contributed by atoms with Crippen LogP contribution in [0.2, 0.25) is 5.02 Å². The van der Waals surface area contributed by atoms with Crippen LogP contribution < -0.4 is 10.6 Å². The lowest BCUT2D eigenvalue weighted by molar-refractivity contribution is 0.102. The minimum absolute atomic E-state index is 0.156. The van der Waals surface area contributed by atoms with E-state index in [4.69, 9.17) is 11.6 Å². The molecule has 0 spiro atoms. The van der Waals surface area contributed by atoms with Gasteiger partial charge < -0.3 is 10.6 Å². The van der Waals surface area contributed by atoms with E-state index in [1.54, 1.807) is 31.3 Å². The van der Waals surface area contributed by atoms with E-state index in [0.29, 0.717) is 15.2 Å². The van der Waals surface area contributed by atoms with Crippen molar-refractivity contribution in [1.29, 1.82) is 0 Å². The number of amides is 1. The number of para-hydroxylation sites is 1. The first-order chi connectivity index (χ1) is 9.54. The minimum atomic E-state index is -0.481. The molecule has 6 heteroatoms. The van der Waals surface area contributed by atoms with Crippen molar-refractivity contribution >= 4 is 44.8 Å². The van der Waals surface area contributed by atoms with Crippen LogP contribution in [-0.4, -0.2) is 13.0 Å². The Kier molecular flexibility index (Phi) is 4.62. The van der Waals surface area contributed by atoms with Crippen molar-refractivity contribution in [3.63, 3.8) is 0 Å². The van der Waals surface area contributed by atoms with Gasteiger partial charge in [0, 0.05) is 7.05 Å². The molecule has 0 radical (unpaired) electrons. The highest BCUT2D eigenvalue weighted by molar-refractivity contribution is 9.10. The molecular formula is C14H11BrClFN2O. The van der Waals surface area contributed by atoms with Crippen LogP contribution in [-0.2, 0) is 0 Å². The molecule has 0 atom stereocenters. The van der Waals surface area contributed by atoms with Crippen molar-refractivity contribution in [3.8, 4) is 0 Å². The number of hydrogen-bond donors (Lipinski definition) is 2. The zero-order chi connectivity index (χ0) is 14.7. The smallest absolute Gasteiger partial charge is 0.257 e. The van der Waals surface area contributed by atoms with Crippen LogP contribution in [0.5, 0.6) is 0 Å². The number of anilines is 2. The van der Waals surface area contributed by atoms with E-state index in [-0.39, 0.29) is 11.3 Å². The van der Waals surface area contributed by atoms with Gasteiger partial charge in [0.15, 0.2) is 0 Å². The van der Waals surface area contributed by atoms with Crippen molar-refractivity contribution in [2.45, 2.75) is 0 Å². The lowest BCUT2D eigenvalue weighted by Crippen LogP contribution is -2.15. The van der Waals surface area contributed by atoms with Gasteiger partial charge >= 0.3 is 0 Å². The highest BCUT2D eigenvalue weighted by atomic mass is 79.9. The maximum atomic E-state index is 13.6. The van der Waals surface area contributed by atoms with Crippen molar-refractivity contribution in [3.05, 3.63) is 57.3 Å². The Balaban J connectivity index is 2.34. The Hall–Kier alpha value is -1.59. The third-order valence-corrected chi connectivity index (χ3v) is 4.11. The van der Waals surface area contributed by atoms with Gasteiger partial charge in [0.05, 0.1) is 26.4 Å². The Morgan fingerprint density at radius 3 is 2.65 bits per heavy atom. The first-order valence-corrected chi connectivity index (χ1v) is 6.93. The van der Waals surface area contributed by atoms with E-state index >= 15 is 0 Å². The number of carbonyl (C=O) groups excluding carboxylic acids is 1. The average molecular weight is 358 g/mol. The molecule has 0 aliphatic carbocycles. The molecule has 0 bridgehead atoms. The van der Waals surface area contributed by atoms with Gasteiger partial charge in [0.25, 0.3) is 5.91 Å². The van der Waals surface area contributed by atoms with Gasteiger partial charge in [-0.15, -0.1) is 0 Å². The number of rotatable bonds is 3. The van der Waals surface area contributed by atoms with Gasteiger partial charge in [0.1, 0.15) is 5.82 Å². The van der Waals surface area contributed by atoms with E-state index < -0.39 is 11.7 Å². The molecule has 0 fully saturated rings. The van der Waals surface area contributed by atoms with Crippen LogP contribution in [0.3, 0.4) is 0 Å². The van der Waals surface area contributed by atoms with Crippen molar-refractivity contribution in [2.75, 3.05) is 17.7 Å². The third kappa shape index (κ3) is 2.94. The Morgan fingerprint density at radius 1 is 1.25 bits per heavy atom. The van der Waals surface area contributed by atoms with Crippen LogP contribution in [0.4, 0.5) is 15.8 Å². The number of benzene rings is 2. The van der Waals surface area contributed by atoms with Gasteiger partial charge in [0.2, 0.25) is 0 Å². The molecule has 0 aliphatic rings. The summed E-state index contributed by atoms with van der Waals surface area (Å²) in [6, 6.07) is 9.43. The maximum absolute atomic E-state index is 13.6. The van der Waals surface area contributed by atoms with Gasteiger partial charge in [-0.05, 0) is 40.2 Å². The van der Waals surface area contributed by atoms with E-state index in [9.17, 15) is 9.18 Å². The molecule has 20 heavy (non-hydrogen) atoms. The second kappa shape index (κ2) is 6.24. The summed E-state index contributed by atoms with van der Waals surface area (Å²) in [5.41, 5.74) is 0.899. The molecule has 0 aliphatic heterocycles. The fourth-order valence-electron chi connectivity index (χ4n) is 1.76. The van der Waals surface area contributed by atoms with E-state index in [0.717, 1.165) is 0 Å². The van der Waals surface area contributed by atoms with Crippen LogP contribution in [0, 0.1) is 5.82 Å². The topological polar surface area (TPSA) is 41.1 Å². The molecular weight excluding hydrogens is 347 g/mol. The molecule has 3 nitrogen and oxygen atoms in total. The number of hydrogen-bond acceptors (Lipinski definition) is 2. The van der Waals surface area contributed by atoms with Gasteiger partial charge in [-0.2, -0.15) is 0 Å². The summed E-state index contributed by atoms with van der Waals surface area (Å²) >= 11 is 9.25. The van der Waals surface area contributed by atoms with Crippen LogP contribution >= 0.6 is 27.5 Å². The normalized spacial score (nSPS) is 10.2. The maximum Gasteiger partial charge on any atom is 0.257 e. The van der Waals surface area contributed by atoms with Crippen LogP contribution in [0.1, 0.15) is 10.4 Å². The second-order valence-electron chi connectivity index (χ2n) is 3.97. The quantitative estimate of drug-likeness (QED) is 0.847. The summed E-state index contributed by atoms with van der Waals surface area (Å²) < 4.78 is 14.2. The number of nitrogens with one attached hydrogen (secondary N) is 2. The predicted octanol–water partition coefficient (Wildman–Crippen LogP) is 4.54. The van der Waals surface area contributed by atoms with Crippen LogP contribution in [0.15, 0.2) is 40.9 Å². The molecule has 2 N–H and O–H groups in total. The molecule has 2 aromatic rings. The van der Waals surface area contributed by atoms with E-state index in [2.05, 4.69) is 26.6 Å². The van der Waals surface area contributed by atoms with Crippen molar-refractivity contribution in [2.24, 2.45) is 0 Å². The third-order valence-electron chi connectivity index (χ3n) is 2.71. The van der Waals surface area contributed by atoms with E-state index in [1.807, 2.05) is 0 Å². The SMILES string of the molecule is CNc1c(F)cccc1C(=O)Nc1cccc(Cl)c1Br.